The molecule has 0 amide bonds. The Morgan fingerprint density at radius 2 is 1.97 bits per heavy atom. The van der Waals surface area contributed by atoms with E-state index in [2.05, 4.69) is 9.98 Å². The van der Waals surface area contributed by atoms with Crippen molar-refractivity contribution >= 4 is 43.5 Å². The van der Waals surface area contributed by atoms with E-state index < -0.39 is 21.7 Å². The number of hydrogen-bond donors (Lipinski definition) is 2. The highest BCUT2D eigenvalue weighted by atomic mass is 32.2. The van der Waals surface area contributed by atoms with Crippen LogP contribution in [-0.4, -0.2) is 54.7 Å². The van der Waals surface area contributed by atoms with Gasteiger partial charge in [-0.2, -0.15) is 0 Å². The summed E-state index contributed by atoms with van der Waals surface area (Å²) in [6.07, 6.45) is 1.71. The lowest BCUT2D eigenvalue weighted by Crippen LogP contribution is -2.26. The van der Waals surface area contributed by atoms with Crippen molar-refractivity contribution in [2.75, 3.05) is 19.9 Å². The quantitative estimate of drug-likeness (QED) is 0.484. The summed E-state index contributed by atoms with van der Waals surface area (Å²) in [5.74, 6) is 0.379. The molecule has 0 saturated carbocycles. The van der Waals surface area contributed by atoms with E-state index >= 15 is 0 Å². The fraction of sp³-hybridized carbons (Fsp3) is 0.304. The van der Waals surface area contributed by atoms with Crippen LogP contribution in [0.2, 0.25) is 0 Å². The molecule has 0 bridgehead atoms. The summed E-state index contributed by atoms with van der Waals surface area (Å²) in [7, 11) is -1.71. The molecule has 0 aliphatic carbocycles. The van der Waals surface area contributed by atoms with Gasteiger partial charge >= 0.3 is 5.97 Å². The van der Waals surface area contributed by atoms with Gasteiger partial charge in [0.05, 0.1) is 35.7 Å². The zero-order valence-electron chi connectivity index (χ0n) is 18.4. The third kappa shape index (κ3) is 4.86. The molecule has 2 aromatic carbocycles. The minimum atomic E-state index is -3.28. The van der Waals surface area contributed by atoms with Crippen molar-refractivity contribution in [2.45, 2.75) is 23.5 Å². The number of carboxylic acid groups (broad SMARTS) is 1. The summed E-state index contributed by atoms with van der Waals surface area (Å²) < 4.78 is 34.8. The van der Waals surface area contributed by atoms with Gasteiger partial charge in [0.15, 0.2) is 9.84 Å². The first-order valence-corrected chi connectivity index (χ1v) is 13.1. The Morgan fingerprint density at radius 3 is 2.58 bits per heavy atom. The Balaban J connectivity index is 1.59. The Morgan fingerprint density at radius 1 is 1.24 bits per heavy atom. The lowest BCUT2D eigenvalue weighted by atomic mass is 10.0. The van der Waals surface area contributed by atoms with Crippen LogP contribution in [-0.2, 0) is 14.6 Å². The van der Waals surface area contributed by atoms with Crippen molar-refractivity contribution in [1.29, 1.82) is 0 Å². The Hall–Kier alpha value is -2.98. The molecule has 8 nitrogen and oxygen atoms in total. The molecule has 0 spiro atoms. The lowest BCUT2D eigenvalue weighted by molar-refractivity contribution is -0.141. The standard InChI is InChI=1S/C23H24N2O6S2/c1-4-17(23(26)27)20-12-24-22(32-20)18-10-13-9-15(11-19(30-2)21(13)25-18)31-14-5-7-16(8-6-14)33(3,28)29/h5-11,17,20,25H,4,12H2,1-3H3,(H,26,27). The van der Waals surface area contributed by atoms with Gasteiger partial charge in [0.2, 0.25) is 0 Å². The number of aliphatic carboxylic acids is 1. The largest absolute Gasteiger partial charge is 0.494 e. The number of methoxy groups -OCH3 is 1. The summed E-state index contributed by atoms with van der Waals surface area (Å²) >= 11 is 1.48. The van der Waals surface area contributed by atoms with Crippen LogP contribution in [0.1, 0.15) is 19.0 Å². The van der Waals surface area contributed by atoms with Crippen molar-refractivity contribution in [3.05, 3.63) is 48.2 Å². The summed E-state index contributed by atoms with van der Waals surface area (Å²) in [6, 6.07) is 11.7. The number of H-pyrrole nitrogens is 1. The van der Waals surface area contributed by atoms with Gasteiger partial charge in [-0.25, -0.2) is 8.42 Å². The molecule has 1 aromatic heterocycles. The topological polar surface area (TPSA) is 118 Å². The minimum Gasteiger partial charge on any atom is -0.494 e. The van der Waals surface area contributed by atoms with E-state index in [4.69, 9.17) is 9.47 Å². The van der Waals surface area contributed by atoms with E-state index in [0.717, 1.165) is 27.9 Å². The molecule has 33 heavy (non-hydrogen) atoms. The summed E-state index contributed by atoms with van der Waals surface area (Å²) in [5, 5.41) is 11.0. The molecule has 4 rings (SSSR count). The van der Waals surface area contributed by atoms with E-state index in [0.29, 0.717) is 30.2 Å². The van der Waals surface area contributed by atoms with Crippen molar-refractivity contribution < 1.29 is 27.8 Å². The first-order valence-electron chi connectivity index (χ1n) is 10.3. The van der Waals surface area contributed by atoms with Gasteiger partial charge in [-0.3, -0.25) is 9.79 Å². The molecule has 10 heteroatoms. The number of ether oxygens (including phenoxy) is 2. The third-order valence-electron chi connectivity index (χ3n) is 5.49. The summed E-state index contributed by atoms with van der Waals surface area (Å²) in [5.41, 5.74) is 1.58. The normalized spacial score (nSPS) is 17.1. The number of sulfone groups is 1. The smallest absolute Gasteiger partial charge is 0.307 e. The molecule has 1 aliphatic heterocycles. The highest BCUT2D eigenvalue weighted by Crippen LogP contribution is 2.37. The average molecular weight is 489 g/mol. The van der Waals surface area contributed by atoms with Gasteiger partial charge in [0.1, 0.15) is 22.3 Å². The van der Waals surface area contributed by atoms with Gasteiger partial charge in [-0.15, -0.1) is 0 Å². The Kier molecular flexibility index (Phi) is 6.40. The number of aliphatic imine (C=N–C) groups is 1. The van der Waals surface area contributed by atoms with E-state index in [1.165, 1.54) is 23.9 Å². The predicted octanol–water partition coefficient (Wildman–Crippen LogP) is 4.35. The van der Waals surface area contributed by atoms with Crippen molar-refractivity contribution in [3.63, 3.8) is 0 Å². The van der Waals surface area contributed by atoms with Gasteiger partial charge in [0, 0.05) is 23.0 Å². The molecule has 0 saturated heterocycles. The predicted molar refractivity (Wildman–Crippen MR) is 129 cm³/mol. The van der Waals surface area contributed by atoms with Crippen LogP contribution in [0.25, 0.3) is 10.9 Å². The first-order chi connectivity index (χ1) is 15.7. The molecule has 0 fully saturated rings. The van der Waals surface area contributed by atoms with Crippen LogP contribution in [0.4, 0.5) is 0 Å². The molecule has 2 atom stereocenters. The number of rotatable bonds is 8. The van der Waals surface area contributed by atoms with E-state index in [-0.39, 0.29) is 10.1 Å². The van der Waals surface area contributed by atoms with Crippen LogP contribution < -0.4 is 9.47 Å². The maximum Gasteiger partial charge on any atom is 0.307 e. The molecule has 1 aliphatic rings. The Labute approximate surface area is 195 Å². The Bertz CT molecular complexity index is 1330. The van der Waals surface area contributed by atoms with Crippen LogP contribution in [0, 0.1) is 5.92 Å². The number of carbonyl (C=O) groups is 1. The fourth-order valence-corrected chi connectivity index (χ4v) is 5.68. The molecule has 0 radical (unpaired) electrons. The monoisotopic (exact) mass is 488 g/mol. The second-order valence-corrected chi connectivity index (χ2v) is 11.0. The minimum absolute atomic E-state index is 0.0930. The van der Waals surface area contributed by atoms with Crippen LogP contribution in [0.5, 0.6) is 17.2 Å². The number of aromatic nitrogens is 1. The number of benzene rings is 2. The zero-order valence-corrected chi connectivity index (χ0v) is 20.0. The second-order valence-electron chi connectivity index (χ2n) is 7.77. The van der Waals surface area contributed by atoms with Crippen molar-refractivity contribution in [3.8, 4) is 17.2 Å². The van der Waals surface area contributed by atoms with Crippen LogP contribution in [0.3, 0.4) is 0 Å². The zero-order chi connectivity index (χ0) is 23.8. The molecular weight excluding hydrogens is 464 g/mol. The van der Waals surface area contributed by atoms with E-state index in [1.54, 1.807) is 25.3 Å². The first kappa shape index (κ1) is 23.2. The number of nitrogens with one attached hydrogen (secondary N) is 1. The van der Waals surface area contributed by atoms with E-state index in [1.807, 2.05) is 19.1 Å². The van der Waals surface area contributed by atoms with Crippen LogP contribution in [0.15, 0.2) is 52.4 Å². The highest BCUT2D eigenvalue weighted by Gasteiger charge is 2.32. The van der Waals surface area contributed by atoms with Gasteiger partial charge in [-0.05, 0) is 42.8 Å². The molecule has 2 N–H and O–H groups in total. The number of nitrogens with zero attached hydrogens (tertiary/aromatic N) is 1. The number of hydrogen-bond acceptors (Lipinski definition) is 7. The van der Waals surface area contributed by atoms with Gasteiger partial charge in [-0.1, -0.05) is 18.7 Å². The summed E-state index contributed by atoms with van der Waals surface area (Å²) in [4.78, 5) is 19.6. The van der Waals surface area contributed by atoms with Crippen LogP contribution >= 0.6 is 11.8 Å². The number of fused-ring (bicyclic) bond motifs is 1. The van der Waals surface area contributed by atoms with Crippen molar-refractivity contribution in [1.82, 2.24) is 4.98 Å². The summed E-state index contributed by atoms with van der Waals surface area (Å²) in [6.45, 7) is 2.34. The number of aromatic amines is 1. The number of thioether (sulfide) groups is 1. The molecular formula is C23H24N2O6S2. The third-order valence-corrected chi connectivity index (χ3v) is 7.97. The van der Waals surface area contributed by atoms with E-state index in [9.17, 15) is 18.3 Å². The number of carboxylic acids is 1. The molecule has 3 aromatic rings. The maximum atomic E-state index is 11.7. The molecule has 174 valence electrons. The highest BCUT2D eigenvalue weighted by molar-refractivity contribution is 8.15. The fourth-order valence-electron chi connectivity index (χ4n) is 3.76. The van der Waals surface area contributed by atoms with Crippen molar-refractivity contribution in [2.24, 2.45) is 10.9 Å². The van der Waals surface area contributed by atoms with Gasteiger partial charge < -0.3 is 19.6 Å². The molecule has 2 unspecified atom stereocenters. The van der Waals surface area contributed by atoms with Gasteiger partial charge in [0.25, 0.3) is 0 Å². The SMILES string of the molecule is CCC(C(=O)O)C1CN=C(c2cc3cc(Oc4ccc(S(C)(=O)=O)cc4)cc(OC)c3[nH]2)S1. The maximum absolute atomic E-state index is 11.7. The second kappa shape index (κ2) is 9.11. The average Bonchev–Trinajstić information content (AvgIpc) is 3.40. The lowest BCUT2D eigenvalue weighted by Gasteiger charge is -2.15. The molecule has 2 heterocycles.